The Labute approximate surface area is 236 Å². The average Bonchev–Trinajstić information content (AvgIpc) is 2.92. The van der Waals surface area contributed by atoms with Gasteiger partial charge in [-0.05, 0) is 56.2 Å². The lowest BCUT2D eigenvalue weighted by Gasteiger charge is -2.32. The molecule has 40 heavy (non-hydrogen) atoms. The van der Waals surface area contributed by atoms with E-state index >= 15 is 0 Å². The number of nitrogens with zero attached hydrogens (tertiary/aromatic N) is 2. The molecular weight excluding hydrogens is 567 g/mol. The molecule has 12 heteroatoms. The minimum Gasteiger partial charge on any atom is -0.355 e. The van der Waals surface area contributed by atoms with E-state index in [0.717, 1.165) is 17.7 Å². The summed E-state index contributed by atoms with van der Waals surface area (Å²) in [7, 11) is -4.51. The number of benzene rings is 3. The highest BCUT2D eigenvalue weighted by atomic mass is 35.5. The molecule has 3 aromatic rings. The highest BCUT2D eigenvalue weighted by molar-refractivity contribution is 7.92. The third kappa shape index (κ3) is 7.54. The number of amides is 2. The van der Waals surface area contributed by atoms with Crippen LogP contribution in [0.3, 0.4) is 0 Å². The van der Waals surface area contributed by atoms with Crippen molar-refractivity contribution in [2.75, 3.05) is 23.9 Å². The fourth-order valence-corrected chi connectivity index (χ4v) is 5.68. The first-order valence-corrected chi connectivity index (χ1v) is 14.2. The summed E-state index contributed by atoms with van der Waals surface area (Å²) >= 11 is 5.77. The van der Waals surface area contributed by atoms with Crippen molar-refractivity contribution in [3.05, 3.63) is 95.0 Å². The van der Waals surface area contributed by atoms with Gasteiger partial charge < -0.3 is 10.2 Å². The smallest absolute Gasteiger partial charge is 0.355 e. The quantitative estimate of drug-likeness (QED) is 0.332. The van der Waals surface area contributed by atoms with Gasteiger partial charge in [0, 0.05) is 13.1 Å². The van der Waals surface area contributed by atoms with E-state index in [1.54, 1.807) is 13.0 Å². The van der Waals surface area contributed by atoms with Crippen LogP contribution in [0.5, 0.6) is 0 Å². The second-order valence-electron chi connectivity index (χ2n) is 8.88. The van der Waals surface area contributed by atoms with Gasteiger partial charge in [0.2, 0.25) is 11.8 Å². The highest BCUT2D eigenvalue weighted by Gasteiger charge is 2.36. The van der Waals surface area contributed by atoms with Gasteiger partial charge in [0.05, 0.1) is 21.2 Å². The Hall–Kier alpha value is -3.57. The van der Waals surface area contributed by atoms with Crippen LogP contribution in [-0.2, 0) is 32.2 Å². The van der Waals surface area contributed by atoms with E-state index in [1.165, 1.54) is 36.1 Å². The van der Waals surface area contributed by atoms with E-state index in [0.29, 0.717) is 23.3 Å². The number of halogens is 4. The molecule has 0 heterocycles. The third-order valence-electron chi connectivity index (χ3n) is 6.16. The number of hydrogen-bond acceptors (Lipinski definition) is 4. The number of likely N-dealkylation sites (N-methyl/N-ethyl adjacent to an activating group) is 1. The number of carbonyl (C=O) groups is 2. The number of carbonyl (C=O) groups excluding carboxylic acids is 2. The molecule has 3 rings (SSSR count). The van der Waals surface area contributed by atoms with Gasteiger partial charge >= 0.3 is 6.18 Å². The summed E-state index contributed by atoms with van der Waals surface area (Å²) in [5.41, 5.74) is -0.767. The summed E-state index contributed by atoms with van der Waals surface area (Å²) < 4.78 is 69.0. The number of rotatable bonds is 11. The largest absolute Gasteiger partial charge is 0.417 e. The maximum atomic E-state index is 13.7. The molecule has 0 bridgehead atoms. The number of sulfonamides is 1. The van der Waals surface area contributed by atoms with Gasteiger partial charge in [-0.1, -0.05) is 60.1 Å². The zero-order chi connectivity index (χ0) is 29.5. The molecule has 2 amide bonds. The molecule has 0 aromatic heterocycles. The fourth-order valence-electron chi connectivity index (χ4n) is 4.03. The van der Waals surface area contributed by atoms with Gasteiger partial charge in [-0.15, -0.1) is 0 Å². The summed E-state index contributed by atoms with van der Waals surface area (Å²) in [4.78, 5) is 27.4. The number of hydrogen-bond donors (Lipinski definition) is 1. The second kappa shape index (κ2) is 13.2. The van der Waals surface area contributed by atoms with Crippen molar-refractivity contribution in [1.82, 2.24) is 10.2 Å². The summed E-state index contributed by atoms with van der Waals surface area (Å²) in [5.74, 6) is -1.22. The molecule has 214 valence electrons. The molecule has 0 aliphatic carbocycles. The highest BCUT2D eigenvalue weighted by Crippen LogP contribution is 2.38. The van der Waals surface area contributed by atoms with Crippen molar-refractivity contribution in [2.45, 2.75) is 37.4 Å². The topological polar surface area (TPSA) is 86.8 Å². The standard InChI is InChI=1S/C28H29ClF3N3O4S/c1-3-33-27(37)20(2)34(17-16-21-10-6-4-7-11-21)26(36)19-35(40(38,39)23-12-8-5-9-13-23)22-14-15-25(29)24(18-22)28(30,31)32/h4-15,18,20H,3,16-17,19H2,1-2H3,(H,33,37). The molecule has 0 aliphatic rings. The first-order valence-electron chi connectivity index (χ1n) is 12.4. The number of anilines is 1. The van der Waals surface area contributed by atoms with Crippen molar-refractivity contribution >= 4 is 39.1 Å². The molecule has 0 radical (unpaired) electrons. The van der Waals surface area contributed by atoms with Crippen LogP contribution in [-0.4, -0.2) is 50.8 Å². The van der Waals surface area contributed by atoms with Gasteiger partial charge in [0.25, 0.3) is 10.0 Å². The van der Waals surface area contributed by atoms with Crippen molar-refractivity contribution in [3.8, 4) is 0 Å². The normalized spacial score (nSPS) is 12.4. The third-order valence-corrected chi connectivity index (χ3v) is 8.27. The van der Waals surface area contributed by atoms with Crippen molar-refractivity contribution < 1.29 is 31.2 Å². The van der Waals surface area contributed by atoms with Crippen molar-refractivity contribution in [1.29, 1.82) is 0 Å². The maximum absolute atomic E-state index is 13.7. The Morgan fingerprint density at radius 1 is 0.975 bits per heavy atom. The molecule has 0 fully saturated rings. The van der Waals surface area contributed by atoms with Crippen LogP contribution >= 0.6 is 11.6 Å². The van der Waals surface area contributed by atoms with Crippen LogP contribution in [0, 0.1) is 0 Å². The second-order valence-corrected chi connectivity index (χ2v) is 11.1. The van der Waals surface area contributed by atoms with Crippen LogP contribution in [0.25, 0.3) is 0 Å². The minimum atomic E-state index is -4.87. The zero-order valence-electron chi connectivity index (χ0n) is 21.9. The van der Waals surface area contributed by atoms with Gasteiger partial charge in [-0.25, -0.2) is 8.42 Å². The first kappa shape index (κ1) is 31.0. The van der Waals surface area contributed by atoms with Crippen molar-refractivity contribution in [2.24, 2.45) is 0 Å². The lowest BCUT2D eigenvalue weighted by atomic mass is 10.1. The summed E-state index contributed by atoms with van der Waals surface area (Å²) in [6, 6.07) is 17.9. The monoisotopic (exact) mass is 595 g/mol. The van der Waals surface area contributed by atoms with E-state index in [2.05, 4.69) is 5.32 Å². The maximum Gasteiger partial charge on any atom is 0.417 e. The molecule has 3 aromatic carbocycles. The van der Waals surface area contributed by atoms with E-state index in [-0.39, 0.29) is 11.4 Å². The Balaban J connectivity index is 2.05. The van der Waals surface area contributed by atoms with Crippen LogP contribution in [0.1, 0.15) is 25.0 Å². The molecule has 0 aliphatic heterocycles. The van der Waals surface area contributed by atoms with Crippen LogP contribution in [0.4, 0.5) is 18.9 Å². The Morgan fingerprint density at radius 2 is 1.57 bits per heavy atom. The van der Waals surface area contributed by atoms with Crippen molar-refractivity contribution in [3.63, 3.8) is 0 Å². The Bertz CT molecular complexity index is 1420. The van der Waals surface area contributed by atoms with Crippen LogP contribution < -0.4 is 9.62 Å². The molecule has 1 atom stereocenters. The van der Waals surface area contributed by atoms with E-state index in [4.69, 9.17) is 11.6 Å². The predicted molar refractivity (Wildman–Crippen MR) is 147 cm³/mol. The molecule has 0 spiro atoms. The van der Waals surface area contributed by atoms with Crippen LogP contribution in [0.2, 0.25) is 5.02 Å². The molecular formula is C28H29ClF3N3O4S. The number of nitrogens with one attached hydrogen (secondary N) is 1. The van der Waals surface area contributed by atoms with E-state index in [1.807, 2.05) is 30.3 Å². The SMILES string of the molecule is CCNC(=O)C(C)N(CCc1ccccc1)C(=O)CN(c1ccc(Cl)c(C(F)(F)F)c1)S(=O)(=O)c1ccccc1. The fraction of sp³-hybridized carbons (Fsp3) is 0.286. The van der Waals surface area contributed by atoms with Crippen LogP contribution in [0.15, 0.2) is 83.8 Å². The van der Waals surface area contributed by atoms with E-state index in [9.17, 15) is 31.2 Å². The number of alkyl halides is 3. The minimum absolute atomic E-state index is 0.0643. The molecule has 0 saturated carbocycles. The molecule has 1 N–H and O–H groups in total. The first-order chi connectivity index (χ1) is 18.9. The van der Waals surface area contributed by atoms with Gasteiger partial charge in [0.1, 0.15) is 12.6 Å². The summed E-state index contributed by atoms with van der Waals surface area (Å²) in [5, 5.41) is 2.03. The zero-order valence-corrected chi connectivity index (χ0v) is 23.4. The lowest BCUT2D eigenvalue weighted by Crippen LogP contribution is -2.52. The summed E-state index contributed by atoms with van der Waals surface area (Å²) in [6.07, 6.45) is -4.51. The molecule has 7 nitrogen and oxygen atoms in total. The van der Waals surface area contributed by atoms with Gasteiger partial charge in [-0.3, -0.25) is 13.9 Å². The Kier molecular flexibility index (Phi) is 10.2. The molecule has 0 saturated heterocycles. The molecule has 1 unspecified atom stereocenters. The summed E-state index contributed by atoms with van der Waals surface area (Å²) in [6.45, 7) is 2.74. The average molecular weight is 596 g/mol. The lowest BCUT2D eigenvalue weighted by molar-refractivity contribution is -0.138. The Morgan fingerprint density at radius 3 is 2.15 bits per heavy atom. The predicted octanol–water partition coefficient (Wildman–Crippen LogP) is 5.15. The van der Waals surface area contributed by atoms with E-state index < -0.39 is 56.9 Å². The van der Waals surface area contributed by atoms with Gasteiger partial charge in [0.15, 0.2) is 0 Å². The van der Waals surface area contributed by atoms with Gasteiger partial charge in [-0.2, -0.15) is 13.2 Å².